The third-order valence-corrected chi connectivity index (χ3v) is 6.74. The lowest BCUT2D eigenvalue weighted by Gasteiger charge is -2.31. The number of halogens is 1. The summed E-state index contributed by atoms with van der Waals surface area (Å²) in [5, 5.41) is 14.1. The molecule has 1 aromatic heterocycles. The van der Waals surface area contributed by atoms with Gasteiger partial charge in [0.2, 0.25) is 0 Å². The van der Waals surface area contributed by atoms with Crippen LogP contribution in [0, 0.1) is 11.8 Å². The Balaban J connectivity index is 1.51. The van der Waals surface area contributed by atoms with Crippen LogP contribution in [0.4, 0.5) is 0 Å². The summed E-state index contributed by atoms with van der Waals surface area (Å²) in [4.78, 5) is 24.4. The second-order valence-corrected chi connectivity index (χ2v) is 8.96. The number of carbonyl (C=O) groups is 2. The highest BCUT2D eigenvalue weighted by Crippen LogP contribution is 2.31. The maximum atomic E-state index is 13.2. The smallest absolute Gasteiger partial charge is 0.306 e. The number of carboxylic acid groups (broad SMARTS) is 1. The first-order chi connectivity index (χ1) is 14.9. The molecule has 1 saturated carbocycles. The van der Waals surface area contributed by atoms with Crippen LogP contribution in [-0.4, -0.2) is 27.6 Å². The van der Waals surface area contributed by atoms with Crippen LogP contribution >= 0.6 is 11.6 Å². The van der Waals surface area contributed by atoms with Gasteiger partial charge in [-0.2, -0.15) is 0 Å². The van der Waals surface area contributed by atoms with Crippen LogP contribution in [0.1, 0.15) is 48.5 Å². The molecule has 3 aromatic rings. The quantitative estimate of drug-likeness (QED) is 0.544. The van der Waals surface area contributed by atoms with Gasteiger partial charge in [0, 0.05) is 29.2 Å². The van der Waals surface area contributed by atoms with Crippen molar-refractivity contribution < 1.29 is 14.7 Å². The van der Waals surface area contributed by atoms with Crippen molar-refractivity contribution in [1.82, 2.24) is 9.88 Å². The highest BCUT2D eigenvalue weighted by atomic mass is 35.5. The zero-order chi connectivity index (χ0) is 22.0. The van der Waals surface area contributed by atoms with Gasteiger partial charge in [0.1, 0.15) is 0 Å². The Kier molecular flexibility index (Phi) is 6.33. The molecule has 1 aliphatic rings. The molecule has 1 aliphatic carbocycles. The Bertz CT molecular complexity index is 1080. The number of nitrogens with zero attached hydrogens (tertiary/aromatic N) is 1. The average Bonchev–Trinajstić information content (AvgIpc) is 3.18. The van der Waals surface area contributed by atoms with E-state index in [4.69, 9.17) is 11.6 Å². The first kappa shape index (κ1) is 21.4. The van der Waals surface area contributed by atoms with Crippen molar-refractivity contribution in [2.75, 3.05) is 0 Å². The van der Waals surface area contributed by atoms with Gasteiger partial charge in [-0.25, -0.2) is 0 Å². The minimum atomic E-state index is -0.705. The molecule has 6 heteroatoms. The molecule has 2 aromatic carbocycles. The Labute approximate surface area is 187 Å². The summed E-state index contributed by atoms with van der Waals surface area (Å²) in [7, 11) is 0. The molecule has 162 valence electrons. The molecule has 1 fully saturated rings. The van der Waals surface area contributed by atoms with Gasteiger partial charge in [-0.1, -0.05) is 35.9 Å². The monoisotopic (exact) mass is 438 g/mol. The van der Waals surface area contributed by atoms with E-state index >= 15 is 0 Å². The molecule has 0 bridgehead atoms. The largest absolute Gasteiger partial charge is 0.481 e. The van der Waals surface area contributed by atoms with Crippen LogP contribution in [0.25, 0.3) is 10.9 Å². The number of nitrogens with one attached hydrogen (secondary N) is 1. The molecule has 0 radical (unpaired) electrons. The second kappa shape index (κ2) is 9.15. The van der Waals surface area contributed by atoms with E-state index in [0.717, 1.165) is 29.3 Å². The lowest BCUT2D eigenvalue weighted by molar-refractivity contribution is -0.143. The van der Waals surface area contributed by atoms with Gasteiger partial charge < -0.3 is 15.0 Å². The number of amides is 1. The maximum Gasteiger partial charge on any atom is 0.306 e. The van der Waals surface area contributed by atoms with Gasteiger partial charge in [0.05, 0.1) is 17.0 Å². The average molecular weight is 439 g/mol. The van der Waals surface area contributed by atoms with E-state index in [1.165, 1.54) is 0 Å². The Morgan fingerprint density at radius 2 is 1.81 bits per heavy atom. The zero-order valence-electron chi connectivity index (χ0n) is 17.6. The molecule has 1 heterocycles. The normalized spacial score (nSPS) is 19.8. The first-order valence-corrected chi connectivity index (χ1v) is 11.2. The van der Waals surface area contributed by atoms with Crippen LogP contribution in [0.5, 0.6) is 0 Å². The number of fused-ring (bicyclic) bond motifs is 1. The fourth-order valence-electron chi connectivity index (χ4n) is 4.63. The van der Waals surface area contributed by atoms with Crippen LogP contribution in [-0.2, 0) is 11.3 Å². The number of carbonyl (C=O) groups excluding carboxylic acids is 1. The molecule has 0 saturated heterocycles. The van der Waals surface area contributed by atoms with Crippen LogP contribution < -0.4 is 5.32 Å². The molecular weight excluding hydrogens is 412 g/mol. The fraction of sp³-hybridized carbons (Fsp3) is 0.360. The number of aliphatic carboxylic acids is 1. The minimum Gasteiger partial charge on any atom is -0.481 e. The summed E-state index contributed by atoms with van der Waals surface area (Å²) in [6.45, 7) is 2.68. The van der Waals surface area contributed by atoms with E-state index in [9.17, 15) is 14.7 Å². The highest BCUT2D eigenvalue weighted by molar-refractivity contribution is 6.30. The lowest BCUT2D eigenvalue weighted by Crippen LogP contribution is -2.40. The fourth-order valence-corrected chi connectivity index (χ4v) is 4.76. The molecule has 1 unspecified atom stereocenters. The lowest BCUT2D eigenvalue weighted by atomic mass is 9.79. The third kappa shape index (κ3) is 4.77. The van der Waals surface area contributed by atoms with Crippen molar-refractivity contribution in [2.24, 2.45) is 11.8 Å². The van der Waals surface area contributed by atoms with E-state index in [1.54, 1.807) is 0 Å². The van der Waals surface area contributed by atoms with Gasteiger partial charge in [-0.15, -0.1) is 0 Å². The Hall–Kier alpha value is -2.79. The van der Waals surface area contributed by atoms with Crippen molar-refractivity contribution in [2.45, 2.75) is 45.2 Å². The van der Waals surface area contributed by atoms with Gasteiger partial charge >= 0.3 is 5.97 Å². The van der Waals surface area contributed by atoms with Gasteiger partial charge in [0.25, 0.3) is 5.91 Å². The number of para-hydroxylation sites is 1. The topological polar surface area (TPSA) is 71.3 Å². The summed E-state index contributed by atoms with van der Waals surface area (Å²) in [6.07, 6.45) is 5.03. The van der Waals surface area contributed by atoms with E-state index in [2.05, 4.69) is 9.88 Å². The number of benzene rings is 2. The number of hydrogen-bond acceptors (Lipinski definition) is 2. The molecular formula is C25H27ClN2O3. The summed E-state index contributed by atoms with van der Waals surface area (Å²) >= 11 is 6.00. The van der Waals surface area contributed by atoms with Gasteiger partial charge in [0.15, 0.2) is 0 Å². The summed E-state index contributed by atoms with van der Waals surface area (Å²) in [6, 6.07) is 15.5. The van der Waals surface area contributed by atoms with E-state index in [0.29, 0.717) is 35.9 Å². The van der Waals surface area contributed by atoms with Gasteiger partial charge in [-0.05, 0) is 68.4 Å². The summed E-state index contributed by atoms with van der Waals surface area (Å²) in [5.74, 6) is -0.735. The minimum absolute atomic E-state index is 0.00261. The zero-order valence-corrected chi connectivity index (χ0v) is 18.3. The van der Waals surface area contributed by atoms with Crippen LogP contribution in [0.2, 0.25) is 5.02 Å². The molecule has 1 amide bonds. The van der Waals surface area contributed by atoms with Crippen LogP contribution in [0.15, 0.2) is 54.7 Å². The molecule has 1 atom stereocenters. The number of carboxylic acids is 1. The molecule has 0 spiro atoms. The molecule has 4 rings (SSSR count). The predicted molar refractivity (Wildman–Crippen MR) is 123 cm³/mol. The standard InChI is InChI=1S/C25H27ClN2O3/c1-16(18-7-9-20(10-8-18)25(30)31)27-24(29)22-4-2-3-19-13-14-28(23(19)22)15-17-5-11-21(26)12-6-17/h2-6,11-14,16,18,20H,7-10,15H2,1H3,(H,27,29)(H,30,31)/t16?,18-,20+. The van der Waals surface area contributed by atoms with E-state index < -0.39 is 5.97 Å². The van der Waals surface area contributed by atoms with Crippen molar-refractivity contribution in [3.05, 3.63) is 70.9 Å². The molecule has 2 N–H and O–H groups in total. The van der Waals surface area contributed by atoms with E-state index in [1.807, 2.05) is 61.7 Å². The van der Waals surface area contributed by atoms with Crippen molar-refractivity contribution in [1.29, 1.82) is 0 Å². The summed E-state index contributed by atoms with van der Waals surface area (Å²) < 4.78 is 2.09. The number of hydrogen-bond donors (Lipinski definition) is 2. The molecule has 0 aliphatic heterocycles. The molecule has 31 heavy (non-hydrogen) atoms. The van der Waals surface area contributed by atoms with Crippen molar-refractivity contribution >= 4 is 34.4 Å². The third-order valence-electron chi connectivity index (χ3n) is 6.49. The summed E-state index contributed by atoms with van der Waals surface area (Å²) in [5.41, 5.74) is 2.68. The SMILES string of the molecule is CC(NC(=O)c1cccc2ccn(Cc3ccc(Cl)cc3)c12)[C@H]1CC[C@@H](C(=O)O)CC1. The van der Waals surface area contributed by atoms with Gasteiger partial charge in [-0.3, -0.25) is 9.59 Å². The molecule has 5 nitrogen and oxygen atoms in total. The van der Waals surface area contributed by atoms with E-state index in [-0.39, 0.29) is 17.9 Å². The highest BCUT2D eigenvalue weighted by Gasteiger charge is 2.29. The number of aromatic nitrogens is 1. The Morgan fingerprint density at radius 1 is 1.10 bits per heavy atom. The van der Waals surface area contributed by atoms with Crippen molar-refractivity contribution in [3.8, 4) is 0 Å². The maximum absolute atomic E-state index is 13.2. The first-order valence-electron chi connectivity index (χ1n) is 10.8. The Morgan fingerprint density at radius 3 is 2.48 bits per heavy atom. The predicted octanol–water partition coefficient (Wildman–Crippen LogP) is 5.35. The second-order valence-electron chi connectivity index (χ2n) is 8.53. The van der Waals surface area contributed by atoms with Crippen LogP contribution in [0.3, 0.4) is 0 Å². The number of rotatable bonds is 6. The van der Waals surface area contributed by atoms with Crippen molar-refractivity contribution in [3.63, 3.8) is 0 Å².